The Morgan fingerprint density at radius 3 is 2.87 bits per heavy atom. The molecule has 1 spiro atoms. The highest BCUT2D eigenvalue weighted by atomic mass is 16.7. The molecule has 0 saturated carbocycles. The lowest BCUT2D eigenvalue weighted by Crippen LogP contribution is -2.57. The predicted molar refractivity (Wildman–Crippen MR) is 140 cm³/mol. The molecule has 0 radical (unpaired) electrons. The van der Waals surface area contributed by atoms with Gasteiger partial charge in [0.05, 0.1) is 13.0 Å². The highest BCUT2D eigenvalue weighted by Crippen LogP contribution is 2.57. The van der Waals surface area contributed by atoms with E-state index in [0.29, 0.717) is 36.9 Å². The highest BCUT2D eigenvalue weighted by Gasteiger charge is 2.67. The number of rotatable bonds is 3. The number of fused-ring (bicyclic) bond motifs is 5. The number of carbonyl (C=O) groups excluding carboxylic acids is 2. The number of carbonyl (C=O) groups is 2. The van der Waals surface area contributed by atoms with Gasteiger partial charge >= 0.3 is 0 Å². The zero-order chi connectivity index (χ0) is 25.9. The second-order valence-corrected chi connectivity index (χ2v) is 11.0. The van der Waals surface area contributed by atoms with Crippen LogP contribution in [0.1, 0.15) is 36.8 Å². The van der Waals surface area contributed by atoms with Crippen molar-refractivity contribution < 1.29 is 23.8 Å². The van der Waals surface area contributed by atoms with Crippen molar-refractivity contribution in [3.05, 3.63) is 47.5 Å². The first-order valence-corrected chi connectivity index (χ1v) is 13.8. The largest absolute Gasteiger partial charge is 0.493 e. The molecule has 200 valence electrons. The van der Waals surface area contributed by atoms with Crippen molar-refractivity contribution in [2.75, 3.05) is 51.5 Å². The number of para-hydroxylation sites is 1. The minimum Gasteiger partial charge on any atom is -0.493 e. The van der Waals surface area contributed by atoms with Gasteiger partial charge in [0.1, 0.15) is 5.54 Å². The van der Waals surface area contributed by atoms with Gasteiger partial charge in [0.25, 0.3) is 5.91 Å². The lowest BCUT2D eigenvalue weighted by Gasteiger charge is -2.38. The Balaban J connectivity index is 1.22. The Labute approximate surface area is 222 Å². The average molecular weight is 519 g/mol. The molecule has 0 unspecified atom stereocenters. The summed E-state index contributed by atoms with van der Waals surface area (Å²) in [5, 5.41) is 3.21. The van der Waals surface area contributed by atoms with Crippen molar-refractivity contribution in [2.24, 2.45) is 5.92 Å². The van der Waals surface area contributed by atoms with Gasteiger partial charge in [-0.3, -0.25) is 19.4 Å². The zero-order valence-electron chi connectivity index (χ0n) is 21.8. The number of anilines is 1. The monoisotopic (exact) mass is 518 g/mol. The topological polar surface area (TPSA) is 83.6 Å². The lowest BCUT2D eigenvalue weighted by atomic mass is 9.78. The molecular weight excluding hydrogens is 484 g/mol. The second kappa shape index (κ2) is 9.17. The minimum atomic E-state index is -0.892. The van der Waals surface area contributed by atoms with Crippen LogP contribution in [0.2, 0.25) is 0 Å². The van der Waals surface area contributed by atoms with Crippen LogP contribution in [0.25, 0.3) is 0 Å². The van der Waals surface area contributed by atoms with Crippen LogP contribution in [0.5, 0.6) is 17.2 Å². The summed E-state index contributed by atoms with van der Waals surface area (Å²) in [6, 6.07) is 12.4. The van der Waals surface area contributed by atoms with Crippen LogP contribution >= 0.6 is 0 Å². The molecule has 0 aromatic heterocycles. The fourth-order valence-electron chi connectivity index (χ4n) is 7.46. The molecule has 9 nitrogen and oxygen atoms in total. The molecule has 5 aliphatic heterocycles. The first-order valence-electron chi connectivity index (χ1n) is 13.8. The molecule has 3 saturated heterocycles. The van der Waals surface area contributed by atoms with Gasteiger partial charge in [-0.05, 0) is 56.0 Å². The Morgan fingerprint density at radius 1 is 1.08 bits per heavy atom. The molecule has 2 aromatic rings. The van der Waals surface area contributed by atoms with E-state index in [-0.39, 0.29) is 30.6 Å². The molecule has 3 fully saturated rings. The summed E-state index contributed by atoms with van der Waals surface area (Å²) in [4.78, 5) is 34.8. The molecule has 0 aliphatic carbocycles. The zero-order valence-corrected chi connectivity index (χ0v) is 21.8. The van der Waals surface area contributed by atoms with Gasteiger partial charge in [0.15, 0.2) is 11.5 Å². The molecule has 2 aromatic carbocycles. The van der Waals surface area contributed by atoms with E-state index in [1.54, 1.807) is 7.11 Å². The van der Waals surface area contributed by atoms with Crippen molar-refractivity contribution >= 4 is 17.5 Å². The van der Waals surface area contributed by atoms with E-state index in [0.717, 1.165) is 62.1 Å². The summed E-state index contributed by atoms with van der Waals surface area (Å²) >= 11 is 0. The standard InChI is InChI=1S/C29H34N4O5/c1-36-24-14-19(15-25-26(24)38-18-37-25)17-31-10-5-9-30-27(34)22-16-20-6-4-11-33(20)29(22)21-7-2-3-8-23(21)32(13-12-31)28(29)35/h2-3,7-8,14-15,20,22H,4-6,9-13,16-18H2,1H3,(H,30,34)/t20-,22-,29+/m0/s1. The average Bonchev–Trinajstić information content (AvgIpc) is 3.69. The number of methoxy groups -OCH3 is 1. The van der Waals surface area contributed by atoms with Gasteiger partial charge in [-0.25, -0.2) is 0 Å². The van der Waals surface area contributed by atoms with Crippen molar-refractivity contribution in [3.63, 3.8) is 0 Å². The summed E-state index contributed by atoms with van der Waals surface area (Å²) < 4.78 is 16.7. The lowest BCUT2D eigenvalue weighted by molar-refractivity contribution is -0.139. The third kappa shape index (κ3) is 3.44. The van der Waals surface area contributed by atoms with Gasteiger partial charge in [-0.1, -0.05) is 18.2 Å². The maximum atomic E-state index is 14.5. The Kier molecular flexibility index (Phi) is 5.74. The molecule has 5 heterocycles. The Morgan fingerprint density at radius 2 is 1.97 bits per heavy atom. The molecule has 7 rings (SSSR count). The predicted octanol–water partition coefficient (Wildman–Crippen LogP) is 2.47. The molecule has 9 heteroatoms. The smallest absolute Gasteiger partial charge is 0.253 e. The normalized spacial score (nSPS) is 28.8. The number of hydrogen-bond acceptors (Lipinski definition) is 7. The summed E-state index contributed by atoms with van der Waals surface area (Å²) in [5.41, 5.74) is 2.12. The number of nitrogens with zero attached hydrogens (tertiary/aromatic N) is 3. The summed E-state index contributed by atoms with van der Waals surface area (Å²) in [5.74, 6) is 1.71. The van der Waals surface area contributed by atoms with E-state index >= 15 is 0 Å². The van der Waals surface area contributed by atoms with Crippen LogP contribution in [0.4, 0.5) is 5.69 Å². The fourth-order valence-corrected chi connectivity index (χ4v) is 7.46. The fraction of sp³-hybridized carbons (Fsp3) is 0.517. The Hall–Kier alpha value is -3.30. The van der Waals surface area contributed by atoms with E-state index in [1.165, 1.54) is 0 Å². The van der Waals surface area contributed by atoms with Crippen molar-refractivity contribution in [2.45, 2.75) is 43.8 Å². The minimum absolute atomic E-state index is 0.0111. The third-order valence-corrected chi connectivity index (χ3v) is 9.05. The van der Waals surface area contributed by atoms with Gasteiger partial charge in [0.2, 0.25) is 18.4 Å². The summed E-state index contributed by atoms with van der Waals surface area (Å²) in [6.07, 6.45) is 3.70. The molecule has 1 N–H and O–H groups in total. The molecule has 2 bridgehead atoms. The summed E-state index contributed by atoms with van der Waals surface area (Å²) in [6.45, 7) is 4.41. The van der Waals surface area contributed by atoms with Gasteiger partial charge < -0.3 is 24.4 Å². The van der Waals surface area contributed by atoms with Crippen molar-refractivity contribution in [1.29, 1.82) is 0 Å². The molecular formula is C29H34N4O5. The van der Waals surface area contributed by atoms with Crippen LogP contribution in [0.3, 0.4) is 0 Å². The van der Waals surface area contributed by atoms with Crippen molar-refractivity contribution in [1.82, 2.24) is 15.1 Å². The maximum Gasteiger partial charge on any atom is 0.253 e. The quantitative estimate of drug-likeness (QED) is 0.669. The van der Waals surface area contributed by atoms with Crippen LogP contribution in [0, 0.1) is 5.92 Å². The first kappa shape index (κ1) is 23.8. The number of nitrogens with one attached hydrogen (secondary N) is 1. The van der Waals surface area contributed by atoms with Crippen LogP contribution in [0.15, 0.2) is 36.4 Å². The second-order valence-electron chi connectivity index (χ2n) is 11.0. The van der Waals surface area contributed by atoms with E-state index in [1.807, 2.05) is 35.2 Å². The molecule has 3 atom stereocenters. The first-order chi connectivity index (χ1) is 18.6. The molecule has 2 amide bonds. The SMILES string of the molecule is COc1cc(CN2CCCNC(=O)[C@@H]3C[C@@H]4CCCN4[C@@]34C(=O)N(CC2)c2ccccc24)cc2c1OCO2. The van der Waals surface area contributed by atoms with E-state index in [4.69, 9.17) is 14.2 Å². The third-order valence-electron chi connectivity index (χ3n) is 9.05. The number of amides is 2. The van der Waals surface area contributed by atoms with Crippen LogP contribution in [-0.4, -0.2) is 74.3 Å². The van der Waals surface area contributed by atoms with Crippen LogP contribution in [-0.2, 0) is 21.7 Å². The number of benzene rings is 2. The van der Waals surface area contributed by atoms with E-state index in [9.17, 15) is 9.59 Å². The molecule has 5 aliphatic rings. The van der Waals surface area contributed by atoms with Crippen molar-refractivity contribution in [3.8, 4) is 17.2 Å². The van der Waals surface area contributed by atoms with E-state index in [2.05, 4.69) is 21.2 Å². The molecule has 38 heavy (non-hydrogen) atoms. The highest BCUT2D eigenvalue weighted by molar-refractivity contribution is 6.11. The number of hydrogen-bond donors (Lipinski definition) is 1. The maximum absolute atomic E-state index is 14.5. The van der Waals surface area contributed by atoms with E-state index < -0.39 is 5.54 Å². The van der Waals surface area contributed by atoms with Crippen LogP contribution < -0.4 is 24.4 Å². The summed E-state index contributed by atoms with van der Waals surface area (Å²) in [7, 11) is 1.63. The Bertz CT molecular complexity index is 1280. The number of ether oxygens (including phenoxy) is 3. The van der Waals surface area contributed by atoms with Gasteiger partial charge in [-0.2, -0.15) is 0 Å². The van der Waals surface area contributed by atoms with Gasteiger partial charge in [0, 0.05) is 50.0 Å². The van der Waals surface area contributed by atoms with Gasteiger partial charge in [-0.15, -0.1) is 0 Å².